The van der Waals surface area contributed by atoms with Gasteiger partial charge in [-0.3, -0.25) is 9.30 Å². The molecule has 4 aromatic rings. The fourth-order valence-corrected chi connectivity index (χ4v) is 5.05. The van der Waals surface area contributed by atoms with Gasteiger partial charge in [-0.25, -0.2) is 9.97 Å². The summed E-state index contributed by atoms with van der Waals surface area (Å²) in [5.74, 6) is 2.10. The Bertz CT molecular complexity index is 1180. The molecule has 3 aromatic heterocycles. The minimum atomic E-state index is 0.460. The smallest absolute Gasteiger partial charge is 0.150 e. The SMILES string of the molecule is CN1CCN([C@H]2C[C@@H](c3nc(-c4cc5ccccc5[nH]4)c4c(N)nccn43)C2)CC1. The van der Waals surface area contributed by atoms with E-state index >= 15 is 0 Å². The van der Waals surface area contributed by atoms with E-state index < -0.39 is 0 Å². The van der Waals surface area contributed by atoms with Gasteiger partial charge in [0.25, 0.3) is 0 Å². The molecule has 1 aliphatic heterocycles. The number of nitrogens with one attached hydrogen (secondary N) is 1. The molecule has 0 bridgehead atoms. The van der Waals surface area contributed by atoms with E-state index in [2.05, 4.69) is 55.5 Å². The zero-order valence-electron chi connectivity index (χ0n) is 17.3. The first-order valence-corrected chi connectivity index (χ1v) is 10.8. The van der Waals surface area contributed by atoms with E-state index in [0.717, 1.165) is 41.1 Å². The van der Waals surface area contributed by atoms with Gasteiger partial charge in [0.1, 0.15) is 22.9 Å². The first-order chi connectivity index (χ1) is 14.7. The Morgan fingerprint density at radius 1 is 1.10 bits per heavy atom. The topological polar surface area (TPSA) is 78.5 Å². The van der Waals surface area contributed by atoms with Gasteiger partial charge in [0.05, 0.1) is 5.69 Å². The first-order valence-electron chi connectivity index (χ1n) is 10.8. The van der Waals surface area contributed by atoms with Crippen molar-refractivity contribution in [2.45, 2.75) is 24.8 Å². The number of nitrogens with zero attached hydrogens (tertiary/aromatic N) is 5. The van der Waals surface area contributed by atoms with Gasteiger partial charge in [0.15, 0.2) is 0 Å². The second-order valence-corrected chi connectivity index (χ2v) is 8.78. The quantitative estimate of drug-likeness (QED) is 0.552. The van der Waals surface area contributed by atoms with Crippen molar-refractivity contribution in [3.8, 4) is 11.4 Å². The lowest BCUT2D eigenvalue weighted by Crippen LogP contribution is -2.52. The highest BCUT2D eigenvalue weighted by Crippen LogP contribution is 2.42. The van der Waals surface area contributed by atoms with Crippen molar-refractivity contribution < 1.29 is 0 Å². The van der Waals surface area contributed by atoms with Gasteiger partial charge in [0, 0.05) is 61.4 Å². The van der Waals surface area contributed by atoms with Crippen LogP contribution in [0.15, 0.2) is 42.7 Å². The summed E-state index contributed by atoms with van der Waals surface area (Å²) in [5.41, 5.74) is 10.2. The number of nitrogens with two attached hydrogens (primary N) is 1. The molecule has 0 atom stereocenters. The Labute approximate surface area is 175 Å². The van der Waals surface area contributed by atoms with E-state index in [-0.39, 0.29) is 0 Å². The molecule has 7 nitrogen and oxygen atoms in total. The largest absolute Gasteiger partial charge is 0.382 e. The zero-order valence-corrected chi connectivity index (χ0v) is 17.3. The average Bonchev–Trinajstić information content (AvgIpc) is 3.31. The zero-order chi connectivity index (χ0) is 20.2. The van der Waals surface area contributed by atoms with Gasteiger partial charge in [-0.1, -0.05) is 18.2 Å². The number of piperazine rings is 1. The number of rotatable bonds is 3. The van der Waals surface area contributed by atoms with Crippen molar-refractivity contribution in [1.29, 1.82) is 0 Å². The Morgan fingerprint density at radius 2 is 1.90 bits per heavy atom. The van der Waals surface area contributed by atoms with Crippen LogP contribution in [-0.2, 0) is 0 Å². The summed E-state index contributed by atoms with van der Waals surface area (Å²) in [5, 5.41) is 1.18. The molecular formula is C23H27N7. The summed E-state index contributed by atoms with van der Waals surface area (Å²) < 4.78 is 2.16. The lowest BCUT2D eigenvalue weighted by molar-refractivity contribution is 0.0586. The van der Waals surface area contributed by atoms with Crippen molar-refractivity contribution in [1.82, 2.24) is 29.2 Å². The van der Waals surface area contributed by atoms with E-state index in [1.807, 2.05) is 12.3 Å². The van der Waals surface area contributed by atoms with Crippen LogP contribution in [0.4, 0.5) is 5.82 Å². The maximum absolute atomic E-state index is 6.32. The van der Waals surface area contributed by atoms with Crippen LogP contribution in [0, 0.1) is 0 Å². The summed E-state index contributed by atoms with van der Waals surface area (Å²) in [6, 6.07) is 11.1. The number of hydrogen-bond acceptors (Lipinski definition) is 5. The molecule has 1 aliphatic carbocycles. The van der Waals surface area contributed by atoms with Gasteiger partial charge in [0.2, 0.25) is 0 Å². The number of imidazole rings is 1. The number of anilines is 1. The molecule has 2 aliphatic rings. The predicted molar refractivity (Wildman–Crippen MR) is 120 cm³/mol. The molecule has 6 rings (SSSR count). The van der Waals surface area contributed by atoms with E-state index in [1.54, 1.807) is 6.20 Å². The van der Waals surface area contributed by atoms with E-state index in [1.165, 1.54) is 31.6 Å². The molecule has 4 heterocycles. The second kappa shape index (κ2) is 6.82. The fraction of sp³-hybridized carbons (Fsp3) is 0.391. The highest BCUT2D eigenvalue weighted by Gasteiger charge is 2.38. The third kappa shape index (κ3) is 2.80. The molecule has 0 amide bonds. The molecule has 1 aromatic carbocycles. The molecule has 7 heteroatoms. The minimum Gasteiger partial charge on any atom is -0.382 e. The maximum atomic E-state index is 6.32. The molecule has 2 fully saturated rings. The summed E-state index contributed by atoms with van der Waals surface area (Å²) in [4.78, 5) is 18.0. The van der Waals surface area contributed by atoms with Crippen molar-refractivity contribution in [3.63, 3.8) is 0 Å². The number of para-hydroxylation sites is 1. The maximum Gasteiger partial charge on any atom is 0.150 e. The van der Waals surface area contributed by atoms with Gasteiger partial charge in [-0.15, -0.1) is 0 Å². The van der Waals surface area contributed by atoms with E-state index in [4.69, 9.17) is 10.7 Å². The predicted octanol–water partition coefficient (Wildman–Crippen LogP) is 2.95. The lowest BCUT2D eigenvalue weighted by atomic mass is 9.78. The van der Waals surface area contributed by atoms with Crippen LogP contribution in [0.5, 0.6) is 0 Å². The molecule has 154 valence electrons. The highest BCUT2D eigenvalue weighted by atomic mass is 15.3. The number of likely N-dealkylation sites (N-methyl/N-ethyl adjacent to an activating group) is 1. The number of H-pyrrole nitrogens is 1. The Kier molecular flexibility index (Phi) is 4.07. The van der Waals surface area contributed by atoms with Crippen LogP contribution >= 0.6 is 0 Å². The Balaban J connectivity index is 1.35. The third-order valence-electron chi connectivity index (χ3n) is 6.93. The average molecular weight is 402 g/mol. The van der Waals surface area contributed by atoms with Crippen LogP contribution in [0.3, 0.4) is 0 Å². The van der Waals surface area contributed by atoms with E-state index in [9.17, 15) is 0 Å². The monoisotopic (exact) mass is 401 g/mol. The van der Waals surface area contributed by atoms with Crippen molar-refractivity contribution in [2.75, 3.05) is 39.0 Å². The number of aromatic amines is 1. The van der Waals surface area contributed by atoms with Gasteiger partial charge >= 0.3 is 0 Å². The summed E-state index contributed by atoms with van der Waals surface area (Å²) >= 11 is 0. The lowest BCUT2D eigenvalue weighted by Gasteiger charge is -2.45. The van der Waals surface area contributed by atoms with Crippen molar-refractivity contribution >= 4 is 22.2 Å². The Morgan fingerprint density at radius 3 is 2.70 bits per heavy atom. The summed E-state index contributed by atoms with van der Waals surface area (Å²) in [6.07, 6.45) is 6.11. The molecule has 0 spiro atoms. The summed E-state index contributed by atoms with van der Waals surface area (Å²) in [7, 11) is 2.21. The number of fused-ring (bicyclic) bond motifs is 2. The number of hydrogen-bond donors (Lipinski definition) is 2. The van der Waals surface area contributed by atoms with Crippen LogP contribution in [0.1, 0.15) is 24.6 Å². The Hall–Kier alpha value is -2.90. The van der Waals surface area contributed by atoms with Gasteiger partial charge in [-0.2, -0.15) is 0 Å². The summed E-state index contributed by atoms with van der Waals surface area (Å²) in [6.45, 7) is 4.68. The molecule has 3 N–H and O–H groups in total. The van der Waals surface area contributed by atoms with Crippen LogP contribution in [0.25, 0.3) is 27.8 Å². The van der Waals surface area contributed by atoms with Crippen LogP contribution in [-0.4, -0.2) is 68.4 Å². The standard InChI is InChI=1S/C23H27N7/c1-28-8-10-29(11-9-28)17-12-16(13-17)23-27-20(21-22(24)25-6-7-30(21)23)19-14-15-4-2-3-5-18(15)26-19/h2-7,14,16-17,26H,8-13H2,1H3,(H2,24,25)/t16-,17+. The van der Waals surface area contributed by atoms with Gasteiger partial charge < -0.3 is 15.6 Å². The normalized spacial score (nSPS) is 23.2. The minimum absolute atomic E-state index is 0.460. The fourth-order valence-electron chi connectivity index (χ4n) is 5.05. The van der Waals surface area contributed by atoms with Gasteiger partial charge in [-0.05, 0) is 32.0 Å². The number of aromatic nitrogens is 4. The molecule has 30 heavy (non-hydrogen) atoms. The second-order valence-electron chi connectivity index (χ2n) is 8.78. The number of nitrogen functional groups attached to an aromatic ring is 1. The van der Waals surface area contributed by atoms with Crippen LogP contribution in [0.2, 0.25) is 0 Å². The third-order valence-corrected chi connectivity index (χ3v) is 6.93. The molecule has 1 saturated heterocycles. The number of benzene rings is 1. The first kappa shape index (κ1) is 17.9. The molecule has 0 radical (unpaired) electrons. The molecular weight excluding hydrogens is 374 g/mol. The van der Waals surface area contributed by atoms with Crippen molar-refractivity contribution in [3.05, 3.63) is 48.5 Å². The highest BCUT2D eigenvalue weighted by molar-refractivity contribution is 5.91. The van der Waals surface area contributed by atoms with Crippen LogP contribution < -0.4 is 5.73 Å². The molecule has 0 unspecified atom stereocenters. The molecule has 1 saturated carbocycles. The van der Waals surface area contributed by atoms with Crippen molar-refractivity contribution in [2.24, 2.45) is 0 Å². The van der Waals surface area contributed by atoms with E-state index in [0.29, 0.717) is 17.8 Å².